The smallest absolute Gasteiger partial charge is 0.339 e. The third-order valence-corrected chi connectivity index (χ3v) is 3.74. The third kappa shape index (κ3) is 2.72. The molecule has 0 saturated carbocycles. The van der Waals surface area contributed by atoms with Crippen LogP contribution in [0.25, 0.3) is 0 Å². The van der Waals surface area contributed by atoms with Crippen LogP contribution in [0.3, 0.4) is 0 Å². The van der Waals surface area contributed by atoms with Gasteiger partial charge in [-0.3, -0.25) is 5.01 Å². The van der Waals surface area contributed by atoms with Gasteiger partial charge in [-0.05, 0) is 17.7 Å². The SMILES string of the molecule is N#CC1=NN(c2ccc(C(=O)O)c(O)c2)CC1c1ccccc1. The number of carboxylic acid groups (broad SMARTS) is 1. The van der Waals surface area contributed by atoms with Crippen LogP contribution in [0.1, 0.15) is 21.8 Å². The van der Waals surface area contributed by atoms with Crippen LogP contribution in [0.2, 0.25) is 0 Å². The van der Waals surface area contributed by atoms with E-state index < -0.39 is 5.97 Å². The van der Waals surface area contributed by atoms with Crippen LogP contribution >= 0.6 is 0 Å². The number of rotatable bonds is 3. The molecular formula is C17H13N3O3. The maximum absolute atomic E-state index is 10.9. The van der Waals surface area contributed by atoms with Gasteiger partial charge in [-0.15, -0.1) is 0 Å². The molecule has 0 aromatic heterocycles. The number of hydrogen-bond donors (Lipinski definition) is 2. The summed E-state index contributed by atoms with van der Waals surface area (Å²) in [4.78, 5) is 10.9. The zero-order chi connectivity index (χ0) is 16.4. The highest BCUT2D eigenvalue weighted by Gasteiger charge is 2.29. The first-order valence-electron chi connectivity index (χ1n) is 6.97. The van der Waals surface area contributed by atoms with Crippen molar-refractivity contribution in [2.24, 2.45) is 5.10 Å². The van der Waals surface area contributed by atoms with Crippen LogP contribution in [0.5, 0.6) is 5.75 Å². The Balaban J connectivity index is 1.91. The number of carboxylic acids is 1. The van der Waals surface area contributed by atoms with E-state index in [1.54, 1.807) is 11.1 Å². The van der Waals surface area contributed by atoms with E-state index in [0.717, 1.165) is 5.56 Å². The molecule has 3 rings (SSSR count). The molecule has 0 saturated heterocycles. The Morgan fingerprint density at radius 3 is 2.61 bits per heavy atom. The molecule has 114 valence electrons. The first-order valence-corrected chi connectivity index (χ1v) is 6.97. The van der Waals surface area contributed by atoms with E-state index in [1.807, 2.05) is 30.3 Å². The molecule has 0 bridgehead atoms. The Labute approximate surface area is 132 Å². The van der Waals surface area contributed by atoms with E-state index >= 15 is 0 Å². The molecule has 0 aliphatic carbocycles. The van der Waals surface area contributed by atoms with Crippen LogP contribution < -0.4 is 5.01 Å². The molecular weight excluding hydrogens is 294 g/mol. The van der Waals surface area contributed by atoms with Gasteiger partial charge < -0.3 is 10.2 Å². The highest BCUT2D eigenvalue weighted by Crippen LogP contribution is 2.31. The minimum absolute atomic E-state index is 0.150. The van der Waals surface area contributed by atoms with Gasteiger partial charge in [-0.2, -0.15) is 10.4 Å². The Bertz CT molecular complexity index is 825. The van der Waals surface area contributed by atoms with Crippen LogP contribution in [-0.2, 0) is 0 Å². The van der Waals surface area contributed by atoms with E-state index in [4.69, 9.17) is 5.11 Å². The fourth-order valence-corrected chi connectivity index (χ4v) is 2.57. The zero-order valence-corrected chi connectivity index (χ0v) is 12.0. The summed E-state index contributed by atoms with van der Waals surface area (Å²) in [6.07, 6.45) is 0. The quantitative estimate of drug-likeness (QED) is 0.908. The molecule has 0 fully saturated rings. The molecule has 6 nitrogen and oxygen atoms in total. The van der Waals surface area contributed by atoms with Crippen molar-refractivity contribution < 1.29 is 15.0 Å². The molecule has 1 unspecified atom stereocenters. The molecule has 1 heterocycles. The monoisotopic (exact) mass is 307 g/mol. The number of hydrogen-bond acceptors (Lipinski definition) is 5. The number of anilines is 1. The molecule has 2 aromatic carbocycles. The van der Waals surface area contributed by atoms with E-state index in [-0.39, 0.29) is 17.2 Å². The summed E-state index contributed by atoms with van der Waals surface area (Å²) in [6.45, 7) is 0.457. The van der Waals surface area contributed by atoms with E-state index in [0.29, 0.717) is 17.9 Å². The van der Waals surface area contributed by atoms with Crippen molar-refractivity contribution >= 4 is 17.4 Å². The molecule has 1 aliphatic heterocycles. The number of hydrazone groups is 1. The van der Waals surface area contributed by atoms with Crippen LogP contribution in [0, 0.1) is 11.3 Å². The average molecular weight is 307 g/mol. The maximum Gasteiger partial charge on any atom is 0.339 e. The highest BCUT2D eigenvalue weighted by atomic mass is 16.4. The van der Waals surface area contributed by atoms with Gasteiger partial charge in [0.2, 0.25) is 0 Å². The topological polar surface area (TPSA) is 96.9 Å². The zero-order valence-electron chi connectivity index (χ0n) is 12.0. The fourth-order valence-electron chi connectivity index (χ4n) is 2.57. The minimum Gasteiger partial charge on any atom is -0.507 e. The van der Waals surface area contributed by atoms with Gasteiger partial charge >= 0.3 is 5.97 Å². The lowest BCUT2D eigenvalue weighted by atomic mass is 9.95. The summed E-state index contributed by atoms with van der Waals surface area (Å²) in [6, 6.07) is 15.9. The van der Waals surface area contributed by atoms with Gasteiger partial charge in [0.1, 0.15) is 23.1 Å². The van der Waals surface area contributed by atoms with Crippen LogP contribution in [-0.4, -0.2) is 28.4 Å². The predicted octanol–water partition coefficient (Wildman–Crippen LogP) is 2.57. The lowest BCUT2D eigenvalue weighted by Crippen LogP contribution is -2.17. The summed E-state index contributed by atoms with van der Waals surface area (Å²) in [5.74, 6) is -1.67. The first-order chi connectivity index (χ1) is 11.1. The van der Waals surface area contributed by atoms with Crippen molar-refractivity contribution in [3.63, 3.8) is 0 Å². The molecule has 2 aromatic rings. The second-order valence-electron chi connectivity index (χ2n) is 5.15. The lowest BCUT2D eigenvalue weighted by molar-refractivity contribution is 0.0694. The predicted molar refractivity (Wildman–Crippen MR) is 84.6 cm³/mol. The summed E-state index contributed by atoms with van der Waals surface area (Å²) >= 11 is 0. The first kappa shape index (κ1) is 14.6. The number of aromatic carboxylic acids is 1. The Morgan fingerprint density at radius 1 is 1.26 bits per heavy atom. The van der Waals surface area contributed by atoms with E-state index in [1.165, 1.54) is 12.1 Å². The molecule has 6 heteroatoms. The van der Waals surface area contributed by atoms with Gasteiger partial charge in [0.25, 0.3) is 0 Å². The normalized spacial score (nSPS) is 16.7. The van der Waals surface area contributed by atoms with E-state index in [2.05, 4.69) is 11.2 Å². The minimum atomic E-state index is -1.20. The summed E-state index contributed by atoms with van der Waals surface area (Å²) in [7, 11) is 0. The van der Waals surface area contributed by atoms with Gasteiger partial charge in [0, 0.05) is 6.07 Å². The number of phenols is 1. The van der Waals surface area contributed by atoms with Crippen LogP contribution in [0.4, 0.5) is 5.69 Å². The number of benzene rings is 2. The molecule has 2 N–H and O–H groups in total. The third-order valence-electron chi connectivity index (χ3n) is 3.74. The Hall–Kier alpha value is -3.33. The number of aromatic hydroxyl groups is 1. The number of carbonyl (C=O) groups is 1. The van der Waals surface area contributed by atoms with Gasteiger partial charge in [-0.1, -0.05) is 30.3 Å². The fraction of sp³-hybridized carbons (Fsp3) is 0.118. The summed E-state index contributed by atoms with van der Waals surface area (Å²) in [5, 5.41) is 33.9. The standard InChI is InChI=1S/C17H13N3O3/c18-9-15-14(11-4-2-1-3-5-11)10-20(19-15)12-6-7-13(17(22)23)16(21)8-12/h1-8,14,21H,10H2,(H,22,23). The lowest BCUT2D eigenvalue weighted by Gasteiger charge is -2.16. The van der Waals surface area contributed by atoms with Gasteiger partial charge in [0.05, 0.1) is 18.2 Å². The molecule has 23 heavy (non-hydrogen) atoms. The molecule has 0 spiro atoms. The van der Waals surface area contributed by atoms with Crippen molar-refractivity contribution in [1.29, 1.82) is 5.26 Å². The highest BCUT2D eigenvalue weighted by molar-refractivity contribution is 6.06. The maximum atomic E-state index is 10.9. The number of nitrogens with zero attached hydrogens (tertiary/aromatic N) is 3. The number of nitriles is 1. The van der Waals surface area contributed by atoms with Crippen molar-refractivity contribution in [2.75, 3.05) is 11.6 Å². The van der Waals surface area contributed by atoms with Crippen molar-refractivity contribution in [3.05, 3.63) is 59.7 Å². The Kier molecular flexibility index (Phi) is 3.69. The molecule has 0 amide bonds. The second kappa shape index (κ2) is 5.81. The second-order valence-corrected chi connectivity index (χ2v) is 5.15. The Morgan fingerprint density at radius 2 is 2.00 bits per heavy atom. The average Bonchev–Trinajstić information content (AvgIpc) is 2.99. The van der Waals surface area contributed by atoms with Crippen molar-refractivity contribution in [3.8, 4) is 11.8 Å². The molecule has 1 aliphatic rings. The largest absolute Gasteiger partial charge is 0.507 e. The van der Waals surface area contributed by atoms with E-state index in [9.17, 15) is 15.2 Å². The van der Waals surface area contributed by atoms with Gasteiger partial charge in [0.15, 0.2) is 0 Å². The summed E-state index contributed by atoms with van der Waals surface area (Å²) in [5.41, 5.74) is 1.75. The molecule has 1 atom stereocenters. The van der Waals surface area contributed by atoms with Gasteiger partial charge in [-0.25, -0.2) is 4.79 Å². The van der Waals surface area contributed by atoms with Crippen LogP contribution in [0.15, 0.2) is 53.6 Å². The molecule has 0 radical (unpaired) electrons. The van der Waals surface area contributed by atoms with Crippen molar-refractivity contribution in [2.45, 2.75) is 5.92 Å². The summed E-state index contributed by atoms with van der Waals surface area (Å²) < 4.78 is 0. The van der Waals surface area contributed by atoms with Crippen molar-refractivity contribution in [1.82, 2.24) is 0 Å².